The number of aromatic amines is 1. The summed E-state index contributed by atoms with van der Waals surface area (Å²) in [7, 11) is 0. The minimum atomic E-state index is -0.398. The zero-order chi connectivity index (χ0) is 22.1. The van der Waals surface area contributed by atoms with Gasteiger partial charge in [-0.05, 0) is 43.5 Å². The maximum absolute atomic E-state index is 11.0. The van der Waals surface area contributed by atoms with Gasteiger partial charge in [0, 0.05) is 48.5 Å². The molecule has 2 aromatic carbocycles. The standard InChI is InChI=1S/C24H24N6O2/c1-2-18-15-22(28-23(25-18)16-7-9-19(10-8-16)30(31)32)29-13-11-17(12-14-29)24-26-20-5-3-4-6-21(20)27-24/h3-10,15,17H,2,11-14H2,1H3,(H,26,27). The van der Waals surface area contributed by atoms with Gasteiger partial charge in [0.15, 0.2) is 5.82 Å². The summed E-state index contributed by atoms with van der Waals surface area (Å²) in [5, 5.41) is 11.0. The maximum Gasteiger partial charge on any atom is 0.269 e. The summed E-state index contributed by atoms with van der Waals surface area (Å²) in [4.78, 5) is 30.6. The third-order valence-corrected chi connectivity index (χ3v) is 6.08. The summed E-state index contributed by atoms with van der Waals surface area (Å²) in [6.45, 7) is 3.85. The summed E-state index contributed by atoms with van der Waals surface area (Å²) in [5.41, 5.74) is 3.91. The lowest BCUT2D eigenvalue weighted by Crippen LogP contribution is -2.34. The van der Waals surface area contributed by atoms with Crippen molar-refractivity contribution in [1.82, 2.24) is 19.9 Å². The summed E-state index contributed by atoms with van der Waals surface area (Å²) in [5.74, 6) is 2.98. The van der Waals surface area contributed by atoms with Crippen LogP contribution in [0, 0.1) is 10.1 Å². The number of H-pyrrole nitrogens is 1. The number of nitro benzene ring substituents is 1. The number of hydrogen-bond acceptors (Lipinski definition) is 6. The fourth-order valence-corrected chi connectivity index (χ4v) is 4.24. The Bertz CT molecular complexity index is 1230. The lowest BCUT2D eigenvalue weighted by atomic mass is 9.96. The molecule has 8 heteroatoms. The van der Waals surface area contributed by atoms with E-state index in [0.29, 0.717) is 11.7 Å². The first-order valence-electron chi connectivity index (χ1n) is 10.9. The van der Waals surface area contributed by atoms with Gasteiger partial charge >= 0.3 is 0 Å². The van der Waals surface area contributed by atoms with Gasteiger partial charge in [0.2, 0.25) is 0 Å². The van der Waals surface area contributed by atoms with Crippen molar-refractivity contribution >= 4 is 22.5 Å². The van der Waals surface area contributed by atoms with Crippen LogP contribution >= 0.6 is 0 Å². The number of aromatic nitrogens is 4. The predicted octanol–water partition coefficient (Wildman–Crippen LogP) is 4.87. The fourth-order valence-electron chi connectivity index (χ4n) is 4.24. The van der Waals surface area contributed by atoms with Gasteiger partial charge in [0.05, 0.1) is 16.0 Å². The molecule has 0 radical (unpaired) electrons. The van der Waals surface area contributed by atoms with Gasteiger partial charge < -0.3 is 9.88 Å². The van der Waals surface area contributed by atoms with Gasteiger partial charge in [0.25, 0.3) is 5.69 Å². The van der Waals surface area contributed by atoms with E-state index in [2.05, 4.69) is 33.9 Å². The molecule has 4 aromatic rings. The number of nitrogens with zero attached hydrogens (tertiary/aromatic N) is 5. The third kappa shape index (κ3) is 3.91. The van der Waals surface area contributed by atoms with Crippen LogP contribution in [0.1, 0.15) is 37.2 Å². The second-order valence-electron chi connectivity index (χ2n) is 8.10. The Morgan fingerprint density at radius 1 is 1.06 bits per heavy atom. The van der Waals surface area contributed by atoms with E-state index in [1.54, 1.807) is 12.1 Å². The molecule has 1 fully saturated rings. The Morgan fingerprint density at radius 3 is 2.50 bits per heavy atom. The molecule has 1 aliphatic heterocycles. The van der Waals surface area contributed by atoms with Crippen LogP contribution in [0.25, 0.3) is 22.4 Å². The summed E-state index contributed by atoms with van der Waals surface area (Å²) >= 11 is 0. The average Bonchev–Trinajstić information content (AvgIpc) is 3.28. The topological polar surface area (TPSA) is 101 Å². The van der Waals surface area contributed by atoms with E-state index in [9.17, 15) is 10.1 Å². The number of benzene rings is 2. The summed E-state index contributed by atoms with van der Waals surface area (Å²) < 4.78 is 0. The highest BCUT2D eigenvalue weighted by atomic mass is 16.6. The highest BCUT2D eigenvalue weighted by Crippen LogP contribution is 2.31. The van der Waals surface area contributed by atoms with Crippen LogP contribution in [0.2, 0.25) is 0 Å². The molecule has 162 valence electrons. The van der Waals surface area contributed by atoms with Crippen molar-refractivity contribution in [3.8, 4) is 11.4 Å². The molecule has 0 atom stereocenters. The second kappa shape index (κ2) is 8.37. The quantitative estimate of drug-likeness (QED) is 0.359. The van der Waals surface area contributed by atoms with Crippen molar-refractivity contribution in [3.63, 3.8) is 0 Å². The number of anilines is 1. The normalized spacial score (nSPS) is 14.7. The van der Waals surface area contributed by atoms with Crippen molar-refractivity contribution < 1.29 is 4.92 Å². The Labute approximate surface area is 185 Å². The molecule has 1 N–H and O–H groups in total. The minimum Gasteiger partial charge on any atom is -0.356 e. The largest absolute Gasteiger partial charge is 0.356 e. The number of imidazole rings is 1. The molecular formula is C24H24N6O2. The zero-order valence-electron chi connectivity index (χ0n) is 17.9. The van der Waals surface area contributed by atoms with Crippen LogP contribution in [-0.2, 0) is 6.42 Å². The number of nitro groups is 1. The maximum atomic E-state index is 11.0. The molecule has 0 unspecified atom stereocenters. The van der Waals surface area contributed by atoms with Crippen molar-refractivity contribution in [2.24, 2.45) is 0 Å². The van der Waals surface area contributed by atoms with Gasteiger partial charge in [-0.1, -0.05) is 19.1 Å². The van der Waals surface area contributed by atoms with Crippen molar-refractivity contribution in [2.75, 3.05) is 18.0 Å². The summed E-state index contributed by atoms with van der Waals surface area (Å²) in [6.07, 6.45) is 2.79. The van der Waals surface area contributed by atoms with Gasteiger partial charge in [0.1, 0.15) is 11.6 Å². The van der Waals surface area contributed by atoms with E-state index in [-0.39, 0.29) is 5.69 Å². The Kier molecular flexibility index (Phi) is 5.26. The van der Waals surface area contributed by atoms with Crippen LogP contribution < -0.4 is 4.90 Å². The number of piperidine rings is 1. The fraction of sp³-hybridized carbons (Fsp3) is 0.292. The molecule has 2 aromatic heterocycles. The number of para-hydroxylation sites is 2. The SMILES string of the molecule is CCc1cc(N2CCC(c3nc4ccccc4[nH]3)CC2)nc(-c2ccc([N+](=O)[O-])cc2)n1. The summed E-state index contributed by atoms with van der Waals surface area (Å²) in [6, 6.07) is 16.6. The monoisotopic (exact) mass is 428 g/mol. The van der Waals surface area contributed by atoms with E-state index < -0.39 is 4.92 Å². The van der Waals surface area contributed by atoms with Crippen LogP contribution in [-0.4, -0.2) is 37.9 Å². The Hall–Kier alpha value is -3.81. The van der Waals surface area contributed by atoms with E-state index in [1.807, 2.05) is 18.2 Å². The Morgan fingerprint density at radius 2 is 1.81 bits per heavy atom. The third-order valence-electron chi connectivity index (χ3n) is 6.08. The first-order valence-corrected chi connectivity index (χ1v) is 10.9. The molecule has 0 spiro atoms. The molecule has 1 saturated heterocycles. The van der Waals surface area contributed by atoms with E-state index in [4.69, 9.17) is 9.97 Å². The van der Waals surface area contributed by atoms with E-state index in [0.717, 1.165) is 66.3 Å². The lowest BCUT2D eigenvalue weighted by Gasteiger charge is -2.32. The van der Waals surface area contributed by atoms with E-state index in [1.165, 1.54) is 12.1 Å². The highest BCUT2D eigenvalue weighted by molar-refractivity contribution is 5.74. The zero-order valence-corrected chi connectivity index (χ0v) is 17.9. The van der Waals surface area contributed by atoms with Crippen molar-refractivity contribution in [1.29, 1.82) is 0 Å². The second-order valence-corrected chi connectivity index (χ2v) is 8.10. The predicted molar refractivity (Wildman–Crippen MR) is 124 cm³/mol. The lowest BCUT2D eigenvalue weighted by molar-refractivity contribution is -0.384. The smallest absolute Gasteiger partial charge is 0.269 e. The molecule has 32 heavy (non-hydrogen) atoms. The number of aryl methyl sites for hydroxylation is 1. The Balaban J connectivity index is 1.35. The minimum absolute atomic E-state index is 0.0632. The highest BCUT2D eigenvalue weighted by Gasteiger charge is 2.24. The first-order chi connectivity index (χ1) is 15.6. The molecule has 0 amide bonds. The molecule has 0 bridgehead atoms. The number of fused-ring (bicyclic) bond motifs is 1. The van der Waals surface area contributed by atoms with E-state index >= 15 is 0 Å². The molecular weight excluding hydrogens is 404 g/mol. The molecule has 0 saturated carbocycles. The van der Waals surface area contributed by atoms with Gasteiger partial charge in [-0.25, -0.2) is 15.0 Å². The molecule has 8 nitrogen and oxygen atoms in total. The van der Waals surface area contributed by atoms with Crippen LogP contribution in [0.5, 0.6) is 0 Å². The molecule has 1 aliphatic rings. The van der Waals surface area contributed by atoms with Gasteiger partial charge in [-0.2, -0.15) is 0 Å². The van der Waals surface area contributed by atoms with Crippen LogP contribution in [0.4, 0.5) is 11.5 Å². The van der Waals surface area contributed by atoms with Crippen LogP contribution in [0.3, 0.4) is 0 Å². The molecule has 3 heterocycles. The average molecular weight is 428 g/mol. The van der Waals surface area contributed by atoms with Gasteiger partial charge in [-0.3, -0.25) is 10.1 Å². The first kappa shape index (κ1) is 20.1. The number of hydrogen-bond donors (Lipinski definition) is 1. The molecule has 0 aliphatic carbocycles. The molecule has 5 rings (SSSR count). The van der Waals surface area contributed by atoms with Crippen molar-refractivity contribution in [2.45, 2.75) is 32.1 Å². The van der Waals surface area contributed by atoms with Crippen molar-refractivity contribution in [3.05, 3.63) is 76.2 Å². The van der Waals surface area contributed by atoms with Gasteiger partial charge in [-0.15, -0.1) is 0 Å². The number of rotatable bonds is 5. The number of nitrogens with one attached hydrogen (secondary N) is 1. The van der Waals surface area contributed by atoms with Crippen LogP contribution in [0.15, 0.2) is 54.6 Å². The number of non-ortho nitro benzene ring substituents is 1.